The van der Waals surface area contributed by atoms with E-state index in [4.69, 9.17) is 4.42 Å². The lowest BCUT2D eigenvalue weighted by atomic mass is 10.1. The van der Waals surface area contributed by atoms with Crippen molar-refractivity contribution in [1.29, 1.82) is 0 Å². The van der Waals surface area contributed by atoms with E-state index in [0.717, 1.165) is 16.5 Å². The molecule has 4 heteroatoms. The zero-order valence-corrected chi connectivity index (χ0v) is 9.43. The largest absolute Gasteiger partial charge is 0.464 e. The minimum absolute atomic E-state index is 0.147. The van der Waals surface area contributed by atoms with Gasteiger partial charge in [-0.25, -0.2) is 0 Å². The Labute approximate surface area is 98.2 Å². The van der Waals surface area contributed by atoms with Crippen LogP contribution in [0.3, 0.4) is 0 Å². The maximum Gasteiger partial charge on any atom is 0.303 e. The van der Waals surface area contributed by atoms with Crippen LogP contribution in [-0.4, -0.2) is 18.4 Å². The number of ether oxygens (including phenoxy) is 1. The molecule has 1 aromatic carbocycles. The van der Waals surface area contributed by atoms with Crippen LogP contribution < -0.4 is 0 Å². The molecule has 0 saturated heterocycles. The quantitative estimate of drug-likeness (QED) is 0.757. The molecule has 0 amide bonds. The fourth-order valence-electron chi connectivity index (χ4n) is 1.62. The van der Waals surface area contributed by atoms with Gasteiger partial charge in [0.2, 0.25) is 0 Å². The number of benzene rings is 1. The molecule has 1 aromatic heterocycles. The van der Waals surface area contributed by atoms with E-state index in [1.165, 1.54) is 6.92 Å². The van der Waals surface area contributed by atoms with Crippen LogP contribution in [0.25, 0.3) is 11.0 Å². The number of esters is 1. The van der Waals surface area contributed by atoms with E-state index in [9.17, 15) is 9.59 Å². The third-order valence-corrected chi connectivity index (χ3v) is 2.39. The summed E-state index contributed by atoms with van der Waals surface area (Å²) in [6.07, 6.45) is 1.78. The number of carbonyl (C=O) groups is 2. The molecule has 0 aliphatic carbocycles. The van der Waals surface area contributed by atoms with Gasteiger partial charge in [0.1, 0.15) is 12.2 Å². The molecule has 17 heavy (non-hydrogen) atoms. The molecule has 0 unspecified atom stereocenters. The summed E-state index contributed by atoms with van der Waals surface area (Å²) in [6, 6.07) is 7.50. The Morgan fingerprint density at radius 2 is 2.06 bits per heavy atom. The summed E-state index contributed by atoms with van der Waals surface area (Å²) in [5.41, 5.74) is 1.57. The number of fused-ring (bicyclic) bond motifs is 1. The van der Waals surface area contributed by atoms with Gasteiger partial charge in [-0.2, -0.15) is 0 Å². The summed E-state index contributed by atoms with van der Waals surface area (Å²) in [6.45, 7) is 1.09. The van der Waals surface area contributed by atoms with Crippen LogP contribution in [0.5, 0.6) is 0 Å². The first-order chi connectivity index (χ1) is 8.16. The normalized spacial score (nSPS) is 10.4. The van der Waals surface area contributed by atoms with Crippen LogP contribution in [0.4, 0.5) is 0 Å². The molecular weight excluding hydrogens is 220 g/mol. The molecule has 0 spiro atoms. The van der Waals surface area contributed by atoms with E-state index in [2.05, 4.69) is 4.74 Å². The van der Waals surface area contributed by atoms with Crippen LogP contribution >= 0.6 is 0 Å². The van der Waals surface area contributed by atoms with Gasteiger partial charge in [0.15, 0.2) is 5.78 Å². The summed E-state index contributed by atoms with van der Waals surface area (Å²) in [4.78, 5) is 22.1. The minimum Gasteiger partial charge on any atom is -0.464 e. The van der Waals surface area contributed by atoms with Gasteiger partial charge in [0, 0.05) is 24.3 Å². The fraction of sp³-hybridized carbons (Fsp3) is 0.231. The number of Topliss-reactive ketones (excluding diaryl/α,β-unsaturated/α-hetero) is 1. The Kier molecular flexibility index (Phi) is 3.23. The molecular formula is C13H12O4. The third-order valence-electron chi connectivity index (χ3n) is 2.39. The van der Waals surface area contributed by atoms with Gasteiger partial charge >= 0.3 is 5.97 Å². The van der Waals surface area contributed by atoms with Crippen molar-refractivity contribution in [3.63, 3.8) is 0 Å². The highest BCUT2D eigenvalue weighted by molar-refractivity contribution is 5.89. The Hall–Kier alpha value is -2.10. The molecule has 0 fully saturated rings. The smallest absolute Gasteiger partial charge is 0.303 e. The van der Waals surface area contributed by atoms with E-state index in [0.29, 0.717) is 0 Å². The molecule has 0 saturated carbocycles. The van der Waals surface area contributed by atoms with Gasteiger partial charge in [0.05, 0.1) is 6.26 Å². The Balaban J connectivity index is 2.08. The highest BCUT2D eigenvalue weighted by Gasteiger charge is 2.10. The molecule has 4 nitrogen and oxygen atoms in total. The second kappa shape index (κ2) is 4.82. The minimum atomic E-state index is -0.449. The summed E-state index contributed by atoms with van der Waals surface area (Å²) >= 11 is 0. The number of carbonyl (C=O) groups excluding carboxylic acids is 2. The first kappa shape index (κ1) is 11.4. The van der Waals surface area contributed by atoms with Crippen molar-refractivity contribution >= 4 is 22.7 Å². The fourth-order valence-corrected chi connectivity index (χ4v) is 1.62. The van der Waals surface area contributed by atoms with Crippen molar-refractivity contribution in [3.8, 4) is 0 Å². The van der Waals surface area contributed by atoms with E-state index < -0.39 is 5.97 Å². The lowest BCUT2D eigenvalue weighted by Crippen LogP contribution is -2.13. The van der Waals surface area contributed by atoms with Gasteiger partial charge in [0.25, 0.3) is 0 Å². The van der Waals surface area contributed by atoms with E-state index >= 15 is 0 Å². The van der Waals surface area contributed by atoms with Crippen molar-refractivity contribution in [3.05, 3.63) is 36.1 Å². The highest BCUT2D eigenvalue weighted by atomic mass is 16.5. The van der Waals surface area contributed by atoms with Crippen molar-refractivity contribution in [2.45, 2.75) is 13.3 Å². The summed E-state index contributed by atoms with van der Waals surface area (Å²) in [5, 5.41) is 0.920. The highest BCUT2D eigenvalue weighted by Crippen LogP contribution is 2.21. The monoisotopic (exact) mass is 232 g/mol. The SMILES string of the molecule is CC(=O)OCC(=O)Cc1coc2ccccc12. The van der Waals surface area contributed by atoms with Crippen molar-refractivity contribution in [2.75, 3.05) is 6.61 Å². The predicted octanol–water partition coefficient (Wildman–Crippen LogP) is 2.11. The molecule has 0 aliphatic heterocycles. The van der Waals surface area contributed by atoms with Crippen LogP contribution in [0, 0.1) is 0 Å². The topological polar surface area (TPSA) is 56.5 Å². The summed E-state index contributed by atoms with van der Waals surface area (Å²) < 4.78 is 9.96. The first-order valence-corrected chi connectivity index (χ1v) is 5.27. The van der Waals surface area contributed by atoms with Crippen molar-refractivity contribution in [2.24, 2.45) is 0 Å². The molecule has 2 aromatic rings. The molecule has 0 atom stereocenters. The third kappa shape index (κ3) is 2.72. The van der Waals surface area contributed by atoms with Gasteiger partial charge in [-0.1, -0.05) is 18.2 Å². The zero-order valence-electron chi connectivity index (χ0n) is 9.43. The predicted molar refractivity (Wildman–Crippen MR) is 61.6 cm³/mol. The van der Waals surface area contributed by atoms with Crippen LogP contribution in [0.1, 0.15) is 12.5 Å². The Morgan fingerprint density at radius 3 is 2.82 bits per heavy atom. The molecule has 0 aliphatic rings. The molecule has 88 valence electrons. The van der Waals surface area contributed by atoms with Crippen LogP contribution in [-0.2, 0) is 20.7 Å². The lowest BCUT2D eigenvalue weighted by Gasteiger charge is -2.00. The van der Waals surface area contributed by atoms with Crippen LogP contribution in [0.2, 0.25) is 0 Å². The number of para-hydroxylation sites is 1. The number of furan rings is 1. The zero-order chi connectivity index (χ0) is 12.3. The van der Waals surface area contributed by atoms with Gasteiger partial charge in [-0.05, 0) is 6.07 Å². The molecule has 0 radical (unpaired) electrons. The van der Waals surface area contributed by atoms with E-state index in [1.54, 1.807) is 6.26 Å². The summed E-state index contributed by atoms with van der Waals surface area (Å²) in [7, 11) is 0. The number of hydrogen-bond acceptors (Lipinski definition) is 4. The average molecular weight is 232 g/mol. The first-order valence-electron chi connectivity index (χ1n) is 5.27. The molecule has 0 N–H and O–H groups in total. The Bertz CT molecular complexity index is 553. The second-order valence-corrected chi connectivity index (χ2v) is 3.75. The van der Waals surface area contributed by atoms with E-state index in [1.807, 2.05) is 24.3 Å². The maximum atomic E-state index is 11.5. The van der Waals surface area contributed by atoms with Crippen LogP contribution in [0.15, 0.2) is 34.9 Å². The number of ketones is 1. The molecule has 0 bridgehead atoms. The second-order valence-electron chi connectivity index (χ2n) is 3.75. The maximum absolute atomic E-state index is 11.5. The van der Waals surface area contributed by atoms with Gasteiger partial charge in [-0.15, -0.1) is 0 Å². The van der Waals surface area contributed by atoms with E-state index in [-0.39, 0.29) is 18.8 Å². The lowest BCUT2D eigenvalue weighted by molar-refractivity contribution is -0.145. The van der Waals surface area contributed by atoms with Gasteiger partial charge in [-0.3, -0.25) is 9.59 Å². The summed E-state index contributed by atoms with van der Waals surface area (Å²) in [5.74, 6) is -0.595. The standard InChI is InChI=1S/C13H12O4/c1-9(14)16-8-11(15)6-10-7-17-13-5-3-2-4-12(10)13/h2-5,7H,6,8H2,1H3. The molecule has 2 rings (SSSR count). The van der Waals surface area contributed by atoms with Gasteiger partial charge < -0.3 is 9.15 Å². The Morgan fingerprint density at radius 1 is 1.29 bits per heavy atom. The van der Waals surface area contributed by atoms with Crippen molar-refractivity contribution in [1.82, 2.24) is 0 Å². The van der Waals surface area contributed by atoms with Crippen molar-refractivity contribution < 1.29 is 18.7 Å². The molecule has 1 heterocycles. The average Bonchev–Trinajstić information content (AvgIpc) is 2.70. The number of rotatable bonds is 4. The number of hydrogen-bond donors (Lipinski definition) is 0.